The minimum atomic E-state index is -0.0708. The molecule has 1 aliphatic rings. The molecule has 0 aromatic heterocycles. The number of halogens is 1. The molecule has 0 spiro atoms. The number of carbonyl (C=O) groups excluding carboxylic acids is 1. The Kier molecular flexibility index (Phi) is 3.97. The molecule has 1 N–H and O–H groups in total. The van der Waals surface area contributed by atoms with Crippen molar-refractivity contribution in [3.63, 3.8) is 0 Å². The molecule has 0 aliphatic heterocycles. The van der Waals surface area contributed by atoms with Crippen LogP contribution in [-0.2, 0) is 12.8 Å². The molecule has 0 atom stereocenters. The molecule has 21 heavy (non-hydrogen) atoms. The highest BCUT2D eigenvalue weighted by atomic mass is 79.9. The topological polar surface area (TPSA) is 38.3 Å². The number of fused-ring (bicyclic) bond motifs is 1. The molecule has 0 saturated heterocycles. The maximum absolute atomic E-state index is 12.4. The van der Waals surface area contributed by atoms with Gasteiger partial charge in [0.05, 0.1) is 12.7 Å². The standard InChI is InChI=1S/C17H16BrNO2/c1-21-14-6-7-16(18)15(10-14)17(20)19-13-8-11-4-2-3-5-12(11)9-13/h2-7,10,13H,8-9H2,1H3,(H,19,20). The van der Waals surface area contributed by atoms with E-state index in [-0.39, 0.29) is 11.9 Å². The lowest BCUT2D eigenvalue weighted by Crippen LogP contribution is -2.35. The molecule has 1 aliphatic carbocycles. The summed E-state index contributed by atoms with van der Waals surface area (Å²) < 4.78 is 5.95. The first kappa shape index (κ1) is 14.1. The molecule has 3 rings (SSSR count). The lowest BCUT2D eigenvalue weighted by Gasteiger charge is -2.13. The van der Waals surface area contributed by atoms with Gasteiger partial charge in [-0.15, -0.1) is 0 Å². The Labute approximate surface area is 132 Å². The van der Waals surface area contributed by atoms with Crippen molar-refractivity contribution >= 4 is 21.8 Å². The SMILES string of the molecule is COc1ccc(Br)c(C(=O)NC2Cc3ccccc3C2)c1. The van der Waals surface area contributed by atoms with Gasteiger partial charge in [-0.05, 0) is 58.1 Å². The Morgan fingerprint density at radius 2 is 1.86 bits per heavy atom. The first-order valence-electron chi connectivity index (χ1n) is 6.88. The fourth-order valence-corrected chi connectivity index (χ4v) is 3.16. The van der Waals surface area contributed by atoms with Crippen LogP contribution >= 0.6 is 15.9 Å². The highest BCUT2D eigenvalue weighted by molar-refractivity contribution is 9.10. The van der Waals surface area contributed by atoms with Crippen LogP contribution in [0.5, 0.6) is 5.75 Å². The molecule has 3 nitrogen and oxygen atoms in total. The van der Waals surface area contributed by atoms with Crippen LogP contribution in [0.25, 0.3) is 0 Å². The zero-order valence-corrected chi connectivity index (χ0v) is 13.3. The van der Waals surface area contributed by atoms with Gasteiger partial charge in [-0.2, -0.15) is 0 Å². The quantitative estimate of drug-likeness (QED) is 0.926. The predicted molar refractivity (Wildman–Crippen MR) is 85.8 cm³/mol. The molecule has 4 heteroatoms. The van der Waals surface area contributed by atoms with Gasteiger partial charge >= 0.3 is 0 Å². The number of hydrogen-bond acceptors (Lipinski definition) is 2. The van der Waals surface area contributed by atoms with E-state index in [4.69, 9.17) is 4.74 Å². The molecule has 0 radical (unpaired) electrons. The van der Waals surface area contributed by atoms with Crippen LogP contribution in [0, 0.1) is 0 Å². The van der Waals surface area contributed by atoms with E-state index in [0.29, 0.717) is 11.3 Å². The van der Waals surface area contributed by atoms with Crippen LogP contribution in [0.3, 0.4) is 0 Å². The Morgan fingerprint density at radius 3 is 2.48 bits per heavy atom. The third-order valence-corrected chi connectivity index (χ3v) is 4.50. The Hall–Kier alpha value is -1.81. The Morgan fingerprint density at radius 1 is 1.19 bits per heavy atom. The van der Waals surface area contributed by atoms with Crippen LogP contribution in [0.1, 0.15) is 21.5 Å². The van der Waals surface area contributed by atoms with E-state index in [0.717, 1.165) is 17.3 Å². The van der Waals surface area contributed by atoms with E-state index >= 15 is 0 Å². The third kappa shape index (κ3) is 2.95. The highest BCUT2D eigenvalue weighted by Crippen LogP contribution is 2.25. The van der Waals surface area contributed by atoms with Gasteiger partial charge in [0, 0.05) is 10.5 Å². The van der Waals surface area contributed by atoms with Crippen molar-refractivity contribution in [2.75, 3.05) is 7.11 Å². The minimum absolute atomic E-state index is 0.0708. The number of amides is 1. The van der Waals surface area contributed by atoms with Gasteiger partial charge in [0.2, 0.25) is 0 Å². The summed E-state index contributed by atoms with van der Waals surface area (Å²) in [5.74, 6) is 0.608. The zero-order valence-electron chi connectivity index (χ0n) is 11.7. The molecule has 2 aromatic carbocycles. The number of methoxy groups -OCH3 is 1. The van der Waals surface area contributed by atoms with Crippen LogP contribution in [0.15, 0.2) is 46.9 Å². The zero-order chi connectivity index (χ0) is 14.8. The molecule has 0 fully saturated rings. The molecule has 0 saturated carbocycles. The minimum Gasteiger partial charge on any atom is -0.497 e. The van der Waals surface area contributed by atoms with Gasteiger partial charge in [0.15, 0.2) is 0 Å². The van der Waals surface area contributed by atoms with E-state index in [2.05, 4.69) is 33.4 Å². The summed E-state index contributed by atoms with van der Waals surface area (Å²) in [6, 6.07) is 13.9. The maximum atomic E-state index is 12.4. The highest BCUT2D eigenvalue weighted by Gasteiger charge is 2.23. The smallest absolute Gasteiger partial charge is 0.252 e. The second kappa shape index (κ2) is 5.90. The second-order valence-electron chi connectivity index (χ2n) is 5.19. The Balaban J connectivity index is 1.73. The van der Waals surface area contributed by atoms with E-state index in [1.54, 1.807) is 13.2 Å². The average molecular weight is 346 g/mol. The monoisotopic (exact) mass is 345 g/mol. The molecule has 108 valence electrons. The summed E-state index contributed by atoms with van der Waals surface area (Å²) in [5, 5.41) is 3.11. The molecule has 0 heterocycles. The maximum Gasteiger partial charge on any atom is 0.252 e. The molecular formula is C17H16BrNO2. The van der Waals surface area contributed by atoms with Gasteiger partial charge in [0.25, 0.3) is 5.91 Å². The summed E-state index contributed by atoms with van der Waals surface area (Å²) in [7, 11) is 1.60. The lowest BCUT2D eigenvalue weighted by atomic mass is 10.1. The van der Waals surface area contributed by atoms with Crippen molar-refractivity contribution in [1.82, 2.24) is 5.32 Å². The van der Waals surface area contributed by atoms with Gasteiger partial charge < -0.3 is 10.1 Å². The average Bonchev–Trinajstić information content (AvgIpc) is 2.89. The fourth-order valence-electron chi connectivity index (χ4n) is 2.73. The molecule has 2 aromatic rings. The molecule has 0 unspecified atom stereocenters. The summed E-state index contributed by atoms with van der Waals surface area (Å²) >= 11 is 3.42. The number of nitrogens with one attached hydrogen (secondary N) is 1. The van der Waals surface area contributed by atoms with E-state index in [1.165, 1.54) is 11.1 Å². The van der Waals surface area contributed by atoms with Crippen LogP contribution in [0.2, 0.25) is 0 Å². The fraction of sp³-hybridized carbons (Fsp3) is 0.235. The van der Waals surface area contributed by atoms with E-state index in [9.17, 15) is 4.79 Å². The number of hydrogen-bond donors (Lipinski definition) is 1. The van der Waals surface area contributed by atoms with Gasteiger partial charge in [0.1, 0.15) is 5.75 Å². The second-order valence-corrected chi connectivity index (χ2v) is 6.05. The first-order chi connectivity index (χ1) is 10.2. The lowest BCUT2D eigenvalue weighted by molar-refractivity contribution is 0.0937. The van der Waals surface area contributed by atoms with Crippen molar-refractivity contribution in [3.8, 4) is 5.75 Å². The summed E-state index contributed by atoms with van der Waals surface area (Å²) in [6.45, 7) is 0. The predicted octanol–water partition coefficient (Wildman–Crippen LogP) is 3.35. The molecule has 1 amide bonds. The van der Waals surface area contributed by atoms with Gasteiger partial charge in [-0.25, -0.2) is 0 Å². The number of ether oxygens (including phenoxy) is 1. The molecule has 0 bridgehead atoms. The normalized spacial score (nSPS) is 13.8. The van der Waals surface area contributed by atoms with Crippen LogP contribution in [-0.4, -0.2) is 19.1 Å². The van der Waals surface area contributed by atoms with Gasteiger partial charge in [-0.3, -0.25) is 4.79 Å². The number of rotatable bonds is 3. The van der Waals surface area contributed by atoms with Crippen LogP contribution < -0.4 is 10.1 Å². The van der Waals surface area contributed by atoms with Crippen molar-refractivity contribution in [2.24, 2.45) is 0 Å². The first-order valence-corrected chi connectivity index (χ1v) is 7.68. The number of benzene rings is 2. The summed E-state index contributed by atoms with van der Waals surface area (Å²) in [4.78, 5) is 12.4. The van der Waals surface area contributed by atoms with Crippen molar-refractivity contribution in [3.05, 3.63) is 63.6 Å². The van der Waals surface area contributed by atoms with Crippen molar-refractivity contribution < 1.29 is 9.53 Å². The van der Waals surface area contributed by atoms with Crippen molar-refractivity contribution in [2.45, 2.75) is 18.9 Å². The van der Waals surface area contributed by atoms with E-state index < -0.39 is 0 Å². The van der Waals surface area contributed by atoms with E-state index in [1.807, 2.05) is 24.3 Å². The molecular weight excluding hydrogens is 330 g/mol. The van der Waals surface area contributed by atoms with Crippen molar-refractivity contribution in [1.29, 1.82) is 0 Å². The summed E-state index contributed by atoms with van der Waals surface area (Å²) in [5.41, 5.74) is 3.25. The largest absolute Gasteiger partial charge is 0.497 e. The third-order valence-electron chi connectivity index (χ3n) is 3.80. The number of carbonyl (C=O) groups is 1. The van der Waals surface area contributed by atoms with Gasteiger partial charge in [-0.1, -0.05) is 24.3 Å². The Bertz CT molecular complexity index is 659. The van der Waals surface area contributed by atoms with Crippen LogP contribution in [0.4, 0.5) is 0 Å². The summed E-state index contributed by atoms with van der Waals surface area (Å²) in [6.07, 6.45) is 1.78.